The van der Waals surface area contributed by atoms with Gasteiger partial charge >= 0.3 is 0 Å². The van der Waals surface area contributed by atoms with Gasteiger partial charge in [0.2, 0.25) is 5.90 Å². The minimum atomic E-state index is -0.412. The standard InChI is InChI=1S/C8H6N2O3/c9-6-5-4(13-8(6)10)2-1-3(11)7(5)12/h1-2,9-12H. The molecule has 5 nitrogen and oxygen atoms in total. The SMILES string of the molecule is N=C1Oc2ccc(O)c(O)c2C1=N. The van der Waals surface area contributed by atoms with Crippen molar-refractivity contribution >= 4 is 11.6 Å². The number of nitrogens with one attached hydrogen (secondary N) is 2. The molecule has 0 radical (unpaired) electrons. The lowest BCUT2D eigenvalue weighted by molar-refractivity contribution is 0.401. The second kappa shape index (κ2) is 2.22. The molecule has 4 N–H and O–H groups in total. The smallest absolute Gasteiger partial charge is 0.238 e. The summed E-state index contributed by atoms with van der Waals surface area (Å²) in [5, 5.41) is 33.0. The molecule has 13 heavy (non-hydrogen) atoms. The highest BCUT2D eigenvalue weighted by Crippen LogP contribution is 2.39. The summed E-state index contributed by atoms with van der Waals surface area (Å²) in [4.78, 5) is 0. The fourth-order valence-corrected chi connectivity index (χ4v) is 1.16. The number of aromatic hydroxyl groups is 2. The van der Waals surface area contributed by atoms with Crippen molar-refractivity contribution in [2.45, 2.75) is 0 Å². The Morgan fingerprint density at radius 2 is 1.85 bits per heavy atom. The van der Waals surface area contributed by atoms with E-state index in [0.29, 0.717) is 0 Å². The first-order chi connectivity index (χ1) is 6.11. The molecule has 0 aliphatic carbocycles. The molecule has 0 amide bonds. The van der Waals surface area contributed by atoms with Crippen molar-refractivity contribution in [3.63, 3.8) is 0 Å². The molecule has 0 saturated carbocycles. The Hall–Kier alpha value is -2.04. The van der Waals surface area contributed by atoms with Gasteiger partial charge < -0.3 is 14.9 Å². The average Bonchev–Trinajstić information content (AvgIpc) is 2.37. The molecule has 1 aliphatic rings. The first kappa shape index (κ1) is 7.60. The molecule has 5 heteroatoms. The van der Waals surface area contributed by atoms with Crippen molar-refractivity contribution in [2.75, 3.05) is 0 Å². The van der Waals surface area contributed by atoms with Crippen LogP contribution in [0.2, 0.25) is 0 Å². The third kappa shape index (κ3) is 0.868. The van der Waals surface area contributed by atoms with Crippen molar-refractivity contribution in [3.8, 4) is 17.2 Å². The molecule has 0 saturated heterocycles. The van der Waals surface area contributed by atoms with Crippen LogP contribution >= 0.6 is 0 Å². The third-order valence-corrected chi connectivity index (χ3v) is 1.81. The second-order valence-electron chi connectivity index (χ2n) is 2.61. The maximum atomic E-state index is 9.34. The number of phenols is 2. The molecule has 1 aromatic rings. The van der Waals surface area contributed by atoms with E-state index in [1.54, 1.807) is 0 Å². The Bertz CT molecular complexity index is 426. The number of fused-ring (bicyclic) bond motifs is 1. The van der Waals surface area contributed by atoms with E-state index in [0.717, 1.165) is 0 Å². The number of rotatable bonds is 0. The van der Waals surface area contributed by atoms with Crippen LogP contribution < -0.4 is 4.74 Å². The van der Waals surface area contributed by atoms with Crippen LogP contribution in [0.1, 0.15) is 5.56 Å². The highest BCUT2D eigenvalue weighted by molar-refractivity contribution is 6.47. The maximum Gasteiger partial charge on any atom is 0.238 e. The van der Waals surface area contributed by atoms with Gasteiger partial charge in [-0.05, 0) is 12.1 Å². The van der Waals surface area contributed by atoms with Gasteiger partial charge in [0.15, 0.2) is 11.5 Å². The predicted molar refractivity (Wildman–Crippen MR) is 45.0 cm³/mol. The summed E-state index contributed by atoms with van der Waals surface area (Å²) in [6.07, 6.45) is 0. The van der Waals surface area contributed by atoms with Crippen molar-refractivity contribution in [3.05, 3.63) is 17.7 Å². The lowest BCUT2D eigenvalue weighted by Gasteiger charge is -2.00. The third-order valence-electron chi connectivity index (χ3n) is 1.81. The van der Waals surface area contributed by atoms with Crippen LogP contribution in [0.15, 0.2) is 12.1 Å². The largest absolute Gasteiger partial charge is 0.504 e. The molecule has 1 aliphatic heterocycles. The number of hydrogen-bond donors (Lipinski definition) is 4. The Labute approximate surface area is 73.2 Å². The Kier molecular flexibility index (Phi) is 1.30. The fourth-order valence-electron chi connectivity index (χ4n) is 1.16. The first-order valence-corrected chi connectivity index (χ1v) is 3.52. The minimum absolute atomic E-state index is 0.0741. The summed E-state index contributed by atoms with van der Waals surface area (Å²) < 4.78 is 4.84. The van der Waals surface area contributed by atoms with Gasteiger partial charge in [0.1, 0.15) is 11.5 Å². The van der Waals surface area contributed by atoms with Gasteiger partial charge in [-0.25, -0.2) is 0 Å². The van der Waals surface area contributed by atoms with Crippen LogP contribution in [-0.2, 0) is 0 Å². The summed E-state index contributed by atoms with van der Waals surface area (Å²) in [5.74, 6) is -0.826. The highest BCUT2D eigenvalue weighted by Gasteiger charge is 2.28. The van der Waals surface area contributed by atoms with Crippen molar-refractivity contribution < 1.29 is 14.9 Å². The molecule has 0 unspecified atom stereocenters. The van der Waals surface area contributed by atoms with Crippen LogP contribution in [0.4, 0.5) is 0 Å². The Morgan fingerprint density at radius 1 is 1.15 bits per heavy atom. The van der Waals surface area contributed by atoms with E-state index < -0.39 is 5.75 Å². The van der Waals surface area contributed by atoms with E-state index in [9.17, 15) is 5.11 Å². The summed E-state index contributed by atoms with van der Waals surface area (Å²) >= 11 is 0. The summed E-state index contributed by atoms with van der Waals surface area (Å²) in [6, 6.07) is 2.65. The topological polar surface area (TPSA) is 97.4 Å². The molecule has 0 fully saturated rings. The monoisotopic (exact) mass is 178 g/mol. The normalized spacial score (nSPS) is 14.2. The number of hydrogen-bond acceptors (Lipinski definition) is 5. The first-order valence-electron chi connectivity index (χ1n) is 3.52. The maximum absolute atomic E-state index is 9.34. The molecular weight excluding hydrogens is 172 g/mol. The van der Waals surface area contributed by atoms with Gasteiger partial charge in [0.25, 0.3) is 0 Å². The zero-order valence-corrected chi connectivity index (χ0v) is 6.46. The van der Waals surface area contributed by atoms with E-state index in [4.69, 9.17) is 20.7 Å². The minimum Gasteiger partial charge on any atom is -0.504 e. The number of benzene rings is 1. The Morgan fingerprint density at radius 3 is 2.54 bits per heavy atom. The van der Waals surface area contributed by atoms with Gasteiger partial charge in [0.05, 0.1) is 5.56 Å². The number of ether oxygens (including phenoxy) is 1. The van der Waals surface area contributed by atoms with E-state index in [1.165, 1.54) is 12.1 Å². The molecule has 0 spiro atoms. The number of phenolic OH excluding ortho intramolecular Hbond substituents is 2. The Balaban J connectivity index is 2.73. The molecule has 66 valence electrons. The summed E-state index contributed by atoms with van der Waals surface area (Å²) in [5.41, 5.74) is -0.145. The molecule has 0 atom stereocenters. The van der Waals surface area contributed by atoms with E-state index in [-0.39, 0.29) is 28.7 Å². The van der Waals surface area contributed by atoms with Gasteiger partial charge in [-0.15, -0.1) is 0 Å². The zero-order valence-electron chi connectivity index (χ0n) is 6.46. The van der Waals surface area contributed by atoms with E-state index in [2.05, 4.69) is 0 Å². The lowest BCUT2D eigenvalue weighted by Crippen LogP contribution is -2.09. The molecule has 1 heterocycles. The van der Waals surface area contributed by atoms with Crippen LogP contribution in [0.25, 0.3) is 0 Å². The van der Waals surface area contributed by atoms with Crippen LogP contribution in [0.5, 0.6) is 17.2 Å². The van der Waals surface area contributed by atoms with Crippen molar-refractivity contribution in [1.29, 1.82) is 10.8 Å². The summed E-state index contributed by atoms with van der Waals surface area (Å²) in [6.45, 7) is 0. The molecular formula is C8H6N2O3. The van der Waals surface area contributed by atoms with Crippen LogP contribution in [-0.4, -0.2) is 21.8 Å². The zero-order chi connectivity index (χ0) is 9.59. The van der Waals surface area contributed by atoms with Crippen molar-refractivity contribution in [2.24, 2.45) is 0 Å². The second-order valence-corrected chi connectivity index (χ2v) is 2.61. The van der Waals surface area contributed by atoms with Gasteiger partial charge in [-0.3, -0.25) is 10.8 Å². The molecule has 2 rings (SSSR count). The van der Waals surface area contributed by atoms with E-state index >= 15 is 0 Å². The lowest BCUT2D eigenvalue weighted by atomic mass is 10.1. The van der Waals surface area contributed by atoms with E-state index in [1.807, 2.05) is 0 Å². The van der Waals surface area contributed by atoms with Crippen molar-refractivity contribution in [1.82, 2.24) is 0 Å². The van der Waals surface area contributed by atoms with Gasteiger partial charge in [-0.1, -0.05) is 0 Å². The quantitative estimate of drug-likeness (QED) is 0.443. The summed E-state index contributed by atoms with van der Waals surface area (Å²) in [7, 11) is 0. The van der Waals surface area contributed by atoms with Crippen LogP contribution in [0.3, 0.4) is 0 Å². The fraction of sp³-hybridized carbons (Fsp3) is 0. The van der Waals surface area contributed by atoms with Crippen LogP contribution in [0, 0.1) is 10.8 Å². The molecule has 1 aromatic carbocycles. The van der Waals surface area contributed by atoms with Gasteiger partial charge in [-0.2, -0.15) is 0 Å². The highest BCUT2D eigenvalue weighted by atomic mass is 16.5. The van der Waals surface area contributed by atoms with Gasteiger partial charge in [0, 0.05) is 0 Å². The average molecular weight is 178 g/mol. The molecule has 0 aromatic heterocycles. The molecule has 0 bridgehead atoms. The predicted octanol–water partition coefficient (Wildman–Crippen LogP) is 0.835.